The van der Waals surface area contributed by atoms with Crippen LogP contribution in [-0.2, 0) is 10.0 Å². The van der Waals surface area contributed by atoms with E-state index in [-0.39, 0.29) is 23.8 Å². The molecule has 0 fully saturated rings. The number of halogens is 2. The third kappa shape index (κ3) is 3.88. The van der Waals surface area contributed by atoms with Crippen molar-refractivity contribution in [1.82, 2.24) is 4.31 Å². The average Bonchev–Trinajstić information content (AvgIpc) is 2.45. The van der Waals surface area contributed by atoms with Crippen molar-refractivity contribution in [3.63, 3.8) is 0 Å². The topological polar surface area (TPSA) is 96.0 Å². The average molecular weight is 321 g/mol. The van der Waals surface area contributed by atoms with Crippen LogP contribution in [0.4, 0.5) is 8.78 Å². The van der Waals surface area contributed by atoms with Crippen molar-refractivity contribution in [3.05, 3.63) is 29.8 Å². The van der Waals surface area contributed by atoms with Crippen LogP contribution >= 0.6 is 0 Å². The third-order valence-electron chi connectivity index (χ3n) is 2.98. The fraction of sp³-hybridized carbons (Fsp3) is 0.417. The molecule has 1 aromatic rings. The maximum atomic E-state index is 13.2. The second-order valence-corrected chi connectivity index (χ2v) is 6.40. The van der Waals surface area contributed by atoms with Crippen molar-refractivity contribution in [3.8, 4) is 0 Å². The molecule has 0 saturated heterocycles. The second-order valence-electron chi connectivity index (χ2n) is 4.46. The lowest BCUT2D eigenvalue weighted by Crippen LogP contribution is -2.38. The predicted octanol–water partition coefficient (Wildman–Crippen LogP) is 1.36. The Morgan fingerprint density at radius 3 is 2.52 bits per heavy atom. The van der Waals surface area contributed by atoms with Gasteiger partial charge in [0.25, 0.3) is 0 Å². The maximum Gasteiger partial charge on any atom is 0.243 e. The van der Waals surface area contributed by atoms with Gasteiger partial charge < -0.3 is 10.9 Å². The van der Waals surface area contributed by atoms with Gasteiger partial charge in [0.2, 0.25) is 10.0 Å². The van der Waals surface area contributed by atoms with Crippen LogP contribution in [0.5, 0.6) is 0 Å². The van der Waals surface area contributed by atoms with Crippen LogP contribution in [0.25, 0.3) is 0 Å². The quantitative estimate of drug-likeness (QED) is 0.358. The van der Waals surface area contributed by atoms with Crippen LogP contribution in [-0.4, -0.2) is 36.9 Å². The number of sulfonamides is 1. The van der Waals surface area contributed by atoms with Gasteiger partial charge >= 0.3 is 0 Å². The Labute approximate surface area is 121 Å². The number of benzene rings is 1. The zero-order valence-corrected chi connectivity index (χ0v) is 12.4. The van der Waals surface area contributed by atoms with Gasteiger partial charge in [-0.2, -0.15) is 4.31 Å². The first-order chi connectivity index (χ1) is 9.73. The SMILES string of the molecule is CCN(CC(C)C(N)=NO)S(=O)(=O)c1ccc(F)c(F)c1. The van der Waals surface area contributed by atoms with Gasteiger partial charge in [0.15, 0.2) is 11.6 Å². The molecule has 1 rings (SSSR count). The highest BCUT2D eigenvalue weighted by Gasteiger charge is 2.26. The molecular weight excluding hydrogens is 304 g/mol. The Bertz CT molecular complexity index is 635. The summed E-state index contributed by atoms with van der Waals surface area (Å²) in [5, 5.41) is 11.4. The molecule has 3 N–H and O–H groups in total. The fourth-order valence-electron chi connectivity index (χ4n) is 1.68. The van der Waals surface area contributed by atoms with E-state index >= 15 is 0 Å². The molecule has 0 radical (unpaired) electrons. The number of hydrogen-bond donors (Lipinski definition) is 2. The Morgan fingerprint density at radius 2 is 2.05 bits per heavy atom. The molecule has 0 saturated carbocycles. The van der Waals surface area contributed by atoms with Crippen molar-refractivity contribution >= 4 is 15.9 Å². The first-order valence-corrected chi connectivity index (χ1v) is 7.60. The Morgan fingerprint density at radius 1 is 1.43 bits per heavy atom. The smallest absolute Gasteiger partial charge is 0.243 e. The molecule has 0 bridgehead atoms. The van der Waals surface area contributed by atoms with E-state index in [0.717, 1.165) is 16.4 Å². The lowest BCUT2D eigenvalue weighted by Gasteiger charge is -2.23. The molecule has 0 spiro atoms. The fourth-order valence-corrected chi connectivity index (χ4v) is 3.23. The molecule has 21 heavy (non-hydrogen) atoms. The molecule has 0 aliphatic carbocycles. The number of amidine groups is 1. The molecule has 1 unspecified atom stereocenters. The number of nitrogens with zero attached hydrogens (tertiary/aromatic N) is 2. The van der Waals surface area contributed by atoms with Crippen molar-refractivity contribution in [2.75, 3.05) is 13.1 Å². The molecule has 1 atom stereocenters. The van der Waals surface area contributed by atoms with E-state index in [4.69, 9.17) is 10.9 Å². The summed E-state index contributed by atoms with van der Waals surface area (Å²) in [7, 11) is -3.99. The number of nitrogens with two attached hydrogens (primary N) is 1. The van der Waals surface area contributed by atoms with E-state index in [1.165, 1.54) is 0 Å². The minimum absolute atomic E-state index is 0.0479. The number of oxime groups is 1. The normalized spacial score (nSPS) is 14.4. The summed E-state index contributed by atoms with van der Waals surface area (Å²) >= 11 is 0. The van der Waals surface area contributed by atoms with Crippen LogP contribution in [0.3, 0.4) is 0 Å². The molecule has 1 aromatic carbocycles. The minimum atomic E-state index is -3.99. The van der Waals surface area contributed by atoms with E-state index < -0.39 is 27.6 Å². The number of hydrogen-bond acceptors (Lipinski definition) is 4. The largest absolute Gasteiger partial charge is 0.409 e. The summed E-state index contributed by atoms with van der Waals surface area (Å²) in [5.41, 5.74) is 5.41. The van der Waals surface area contributed by atoms with E-state index in [1.54, 1.807) is 13.8 Å². The molecular formula is C12H17F2N3O3S. The van der Waals surface area contributed by atoms with Gasteiger partial charge in [-0.25, -0.2) is 17.2 Å². The zero-order chi connectivity index (χ0) is 16.2. The van der Waals surface area contributed by atoms with Crippen LogP contribution in [0.1, 0.15) is 13.8 Å². The highest BCUT2D eigenvalue weighted by molar-refractivity contribution is 7.89. The lowest BCUT2D eigenvalue weighted by molar-refractivity contribution is 0.311. The molecule has 0 aromatic heterocycles. The van der Waals surface area contributed by atoms with Gasteiger partial charge in [0.1, 0.15) is 5.84 Å². The summed E-state index contributed by atoms with van der Waals surface area (Å²) in [6.45, 7) is 3.23. The third-order valence-corrected chi connectivity index (χ3v) is 4.92. The molecule has 0 aliphatic rings. The van der Waals surface area contributed by atoms with Crippen LogP contribution in [0.2, 0.25) is 0 Å². The zero-order valence-electron chi connectivity index (χ0n) is 11.6. The van der Waals surface area contributed by atoms with Crippen LogP contribution in [0, 0.1) is 17.6 Å². The van der Waals surface area contributed by atoms with Gasteiger partial charge in [0, 0.05) is 19.0 Å². The van der Waals surface area contributed by atoms with Gasteiger partial charge in [-0.05, 0) is 18.2 Å². The molecule has 6 nitrogen and oxygen atoms in total. The van der Waals surface area contributed by atoms with E-state index in [9.17, 15) is 17.2 Å². The molecule has 0 aliphatic heterocycles. The molecule has 0 heterocycles. The van der Waals surface area contributed by atoms with Crippen molar-refractivity contribution < 1.29 is 22.4 Å². The van der Waals surface area contributed by atoms with E-state index in [1.807, 2.05) is 0 Å². The van der Waals surface area contributed by atoms with Crippen LogP contribution in [0.15, 0.2) is 28.3 Å². The van der Waals surface area contributed by atoms with E-state index in [0.29, 0.717) is 6.07 Å². The summed E-state index contributed by atoms with van der Waals surface area (Å²) < 4.78 is 51.9. The first-order valence-electron chi connectivity index (χ1n) is 6.16. The summed E-state index contributed by atoms with van der Waals surface area (Å²) in [4.78, 5) is -0.352. The highest BCUT2D eigenvalue weighted by atomic mass is 32.2. The highest BCUT2D eigenvalue weighted by Crippen LogP contribution is 2.19. The van der Waals surface area contributed by atoms with Crippen LogP contribution < -0.4 is 5.73 Å². The summed E-state index contributed by atoms with van der Waals surface area (Å²) in [6.07, 6.45) is 0. The van der Waals surface area contributed by atoms with Gasteiger partial charge in [-0.1, -0.05) is 19.0 Å². The van der Waals surface area contributed by atoms with Gasteiger partial charge in [-0.15, -0.1) is 0 Å². The lowest BCUT2D eigenvalue weighted by atomic mass is 10.1. The molecule has 118 valence electrons. The Balaban J connectivity index is 3.10. The van der Waals surface area contributed by atoms with Crippen molar-refractivity contribution in [2.24, 2.45) is 16.8 Å². The van der Waals surface area contributed by atoms with Crippen molar-refractivity contribution in [2.45, 2.75) is 18.7 Å². The standard InChI is InChI=1S/C12H17F2N3O3S/c1-3-17(7-8(2)12(15)16-18)21(19,20)9-4-5-10(13)11(14)6-9/h4-6,8,18H,3,7H2,1-2H3,(H2,15,16). The minimum Gasteiger partial charge on any atom is -0.409 e. The molecule has 0 amide bonds. The molecule has 9 heteroatoms. The Kier molecular flexibility index (Phi) is 5.62. The number of rotatable bonds is 6. The second kappa shape index (κ2) is 6.81. The van der Waals surface area contributed by atoms with Gasteiger partial charge in [-0.3, -0.25) is 0 Å². The monoisotopic (exact) mass is 321 g/mol. The maximum absolute atomic E-state index is 13.2. The van der Waals surface area contributed by atoms with Gasteiger partial charge in [0.05, 0.1) is 4.90 Å². The van der Waals surface area contributed by atoms with Crippen molar-refractivity contribution in [1.29, 1.82) is 0 Å². The first kappa shape index (κ1) is 17.3. The summed E-state index contributed by atoms with van der Waals surface area (Å²) in [5.74, 6) is -3.01. The predicted molar refractivity (Wildman–Crippen MR) is 73.4 cm³/mol. The van der Waals surface area contributed by atoms with E-state index in [2.05, 4.69) is 5.16 Å². The Hall–Kier alpha value is -1.74. The summed E-state index contributed by atoms with van der Waals surface area (Å²) in [6, 6.07) is 2.37.